The molecular formula is C24H30N4. The molecule has 4 rings (SSSR count). The molecular weight excluding hydrogens is 344 g/mol. The normalized spacial score (nSPS) is 16.5. The molecule has 0 saturated carbocycles. The molecule has 146 valence electrons. The van der Waals surface area contributed by atoms with Crippen molar-refractivity contribution < 1.29 is 0 Å². The largest absolute Gasteiger partial charge is 0.369 e. The van der Waals surface area contributed by atoms with E-state index in [2.05, 4.69) is 94.2 Å². The van der Waals surface area contributed by atoms with Gasteiger partial charge in [0.25, 0.3) is 0 Å². The smallest absolute Gasteiger partial charge is 0.0606 e. The molecule has 1 fully saturated rings. The lowest BCUT2D eigenvalue weighted by Gasteiger charge is -2.40. The van der Waals surface area contributed by atoms with Gasteiger partial charge in [0.2, 0.25) is 0 Å². The molecule has 0 N–H and O–H groups in total. The van der Waals surface area contributed by atoms with Crippen LogP contribution in [0.2, 0.25) is 0 Å². The van der Waals surface area contributed by atoms with Gasteiger partial charge in [0.15, 0.2) is 0 Å². The Bertz CT molecular complexity index is 832. The Kier molecular flexibility index (Phi) is 5.77. The average molecular weight is 375 g/mol. The highest BCUT2D eigenvalue weighted by Crippen LogP contribution is 2.26. The van der Waals surface area contributed by atoms with Crippen molar-refractivity contribution in [2.24, 2.45) is 0 Å². The fourth-order valence-corrected chi connectivity index (χ4v) is 4.05. The number of hydrogen-bond acceptors (Lipinski definition) is 3. The molecule has 1 unspecified atom stereocenters. The lowest BCUT2D eigenvalue weighted by atomic mass is 10.0. The van der Waals surface area contributed by atoms with Crippen molar-refractivity contribution in [2.75, 3.05) is 31.1 Å². The van der Waals surface area contributed by atoms with Crippen LogP contribution in [0.1, 0.15) is 36.9 Å². The summed E-state index contributed by atoms with van der Waals surface area (Å²) in [6.07, 6.45) is 3.92. The number of rotatable bonds is 6. The molecule has 4 nitrogen and oxygen atoms in total. The standard InChI is InChI=1S/C24H30N4/c1-20(2)21-9-11-23(12-10-21)26-15-17-27(18-16-26)24(19-28-14-6-13-25-28)22-7-4-3-5-8-22/h3-14,20,24H,15-19H2,1-2H3. The van der Waals surface area contributed by atoms with Gasteiger partial charge in [-0.2, -0.15) is 5.10 Å². The highest BCUT2D eigenvalue weighted by atomic mass is 15.3. The van der Waals surface area contributed by atoms with Crippen LogP contribution in [-0.4, -0.2) is 40.9 Å². The highest BCUT2D eigenvalue weighted by molar-refractivity contribution is 5.48. The molecule has 3 aromatic rings. The summed E-state index contributed by atoms with van der Waals surface area (Å²) < 4.78 is 2.05. The Balaban J connectivity index is 1.45. The SMILES string of the molecule is CC(C)c1ccc(N2CCN(C(Cn3cccn3)c3ccccc3)CC2)cc1. The molecule has 0 bridgehead atoms. The van der Waals surface area contributed by atoms with E-state index in [1.54, 1.807) is 0 Å². The van der Waals surface area contributed by atoms with Crippen LogP contribution < -0.4 is 4.90 Å². The number of nitrogens with zero attached hydrogens (tertiary/aromatic N) is 4. The van der Waals surface area contributed by atoms with Crippen LogP contribution >= 0.6 is 0 Å². The van der Waals surface area contributed by atoms with Crippen molar-refractivity contribution in [2.45, 2.75) is 32.4 Å². The van der Waals surface area contributed by atoms with Gasteiger partial charge in [0.1, 0.15) is 0 Å². The molecule has 2 aromatic carbocycles. The Hall–Kier alpha value is -2.59. The summed E-state index contributed by atoms with van der Waals surface area (Å²) in [5.41, 5.74) is 4.12. The van der Waals surface area contributed by atoms with E-state index in [0.29, 0.717) is 12.0 Å². The predicted molar refractivity (Wildman–Crippen MR) is 116 cm³/mol. The number of hydrogen-bond donors (Lipinski definition) is 0. The second-order valence-corrected chi connectivity index (χ2v) is 7.92. The first-order chi connectivity index (χ1) is 13.7. The van der Waals surface area contributed by atoms with Crippen molar-refractivity contribution in [3.63, 3.8) is 0 Å². The Morgan fingerprint density at radius 2 is 1.54 bits per heavy atom. The van der Waals surface area contributed by atoms with E-state index in [-0.39, 0.29) is 0 Å². The van der Waals surface area contributed by atoms with Crippen LogP contribution in [0.4, 0.5) is 5.69 Å². The summed E-state index contributed by atoms with van der Waals surface area (Å²) in [6.45, 7) is 9.63. The summed E-state index contributed by atoms with van der Waals surface area (Å²) >= 11 is 0. The summed E-state index contributed by atoms with van der Waals surface area (Å²) in [7, 11) is 0. The first-order valence-corrected chi connectivity index (χ1v) is 10.3. The minimum absolute atomic E-state index is 0.353. The molecule has 28 heavy (non-hydrogen) atoms. The van der Waals surface area contributed by atoms with E-state index in [0.717, 1.165) is 32.7 Å². The molecule has 0 radical (unpaired) electrons. The molecule has 1 aliphatic rings. The minimum Gasteiger partial charge on any atom is -0.369 e. The lowest BCUT2D eigenvalue weighted by molar-refractivity contribution is 0.165. The lowest BCUT2D eigenvalue weighted by Crippen LogP contribution is -2.48. The number of piperazine rings is 1. The van der Waals surface area contributed by atoms with Crippen LogP contribution in [0.3, 0.4) is 0 Å². The fourth-order valence-electron chi connectivity index (χ4n) is 4.05. The van der Waals surface area contributed by atoms with E-state index in [1.807, 2.05) is 12.3 Å². The third kappa shape index (κ3) is 4.28. The molecule has 0 amide bonds. The van der Waals surface area contributed by atoms with Gasteiger partial charge in [0.05, 0.1) is 12.6 Å². The summed E-state index contributed by atoms with van der Waals surface area (Å²) in [5.74, 6) is 0.583. The maximum Gasteiger partial charge on any atom is 0.0606 e. The first kappa shape index (κ1) is 18.8. The van der Waals surface area contributed by atoms with Gasteiger partial charge in [-0.15, -0.1) is 0 Å². The minimum atomic E-state index is 0.353. The van der Waals surface area contributed by atoms with Gasteiger partial charge in [0, 0.05) is 44.3 Å². The van der Waals surface area contributed by atoms with Crippen LogP contribution in [0.15, 0.2) is 73.1 Å². The quantitative estimate of drug-likeness (QED) is 0.632. The molecule has 1 saturated heterocycles. The van der Waals surface area contributed by atoms with Gasteiger partial charge in [-0.25, -0.2) is 0 Å². The number of benzene rings is 2. The fraction of sp³-hybridized carbons (Fsp3) is 0.375. The zero-order chi connectivity index (χ0) is 19.3. The van der Waals surface area contributed by atoms with Gasteiger partial charge in [-0.3, -0.25) is 9.58 Å². The average Bonchev–Trinajstić information content (AvgIpc) is 3.26. The summed E-state index contributed by atoms with van der Waals surface area (Å²) in [4.78, 5) is 5.12. The Labute approximate surface area is 168 Å². The molecule has 4 heteroatoms. The second kappa shape index (κ2) is 8.61. The molecule has 1 atom stereocenters. The third-order valence-electron chi connectivity index (χ3n) is 5.78. The maximum atomic E-state index is 4.44. The van der Waals surface area contributed by atoms with Crippen LogP contribution in [0.25, 0.3) is 0 Å². The van der Waals surface area contributed by atoms with Gasteiger partial charge >= 0.3 is 0 Å². The number of anilines is 1. The number of aromatic nitrogens is 2. The van der Waals surface area contributed by atoms with Crippen molar-refractivity contribution in [1.29, 1.82) is 0 Å². The van der Waals surface area contributed by atoms with E-state index < -0.39 is 0 Å². The third-order valence-corrected chi connectivity index (χ3v) is 5.78. The van der Waals surface area contributed by atoms with Gasteiger partial charge in [-0.05, 0) is 35.2 Å². The van der Waals surface area contributed by atoms with Crippen LogP contribution in [0.5, 0.6) is 0 Å². The topological polar surface area (TPSA) is 24.3 Å². The van der Waals surface area contributed by atoms with Crippen molar-refractivity contribution in [3.8, 4) is 0 Å². The summed E-state index contributed by atoms with van der Waals surface area (Å²) in [6, 6.07) is 22.3. The summed E-state index contributed by atoms with van der Waals surface area (Å²) in [5, 5.41) is 4.44. The first-order valence-electron chi connectivity index (χ1n) is 10.3. The maximum absolute atomic E-state index is 4.44. The van der Waals surface area contributed by atoms with Crippen molar-refractivity contribution >= 4 is 5.69 Å². The van der Waals surface area contributed by atoms with E-state index >= 15 is 0 Å². The zero-order valence-electron chi connectivity index (χ0n) is 16.9. The molecule has 2 heterocycles. The van der Waals surface area contributed by atoms with Crippen molar-refractivity contribution in [1.82, 2.24) is 14.7 Å². The van der Waals surface area contributed by atoms with Gasteiger partial charge in [-0.1, -0.05) is 56.3 Å². The van der Waals surface area contributed by atoms with Gasteiger partial charge < -0.3 is 4.90 Å². The zero-order valence-corrected chi connectivity index (χ0v) is 16.9. The second-order valence-electron chi connectivity index (χ2n) is 7.92. The molecule has 0 spiro atoms. The molecule has 0 aliphatic carbocycles. The highest BCUT2D eigenvalue weighted by Gasteiger charge is 2.25. The van der Waals surface area contributed by atoms with Crippen molar-refractivity contribution in [3.05, 3.63) is 84.2 Å². The molecule has 1 aromatic heterocycles. The van der Waals surface area contributed by atoms with E-state index in [1.165, 1.54) is 16.8 Å². The predicted octanol–water partition coefficient (Wildman–Crippen LogP) is 4.57. The van der Waals surface area contributed by atoms with Crippen LogP contribution in [-0.2, 0) is 6.54 Å². The Morgan fingerprint density at radius 1 is 0.821 bits per heavy atom. The van der Waals surface area contributed by atoms with E-state index in [4.69, 9.17) is 0 Å². The molecule has 1 aliphatic heterocycles. The monoisotopic (exact) mass is 374 g/mol. The van der Waals surface area contributed by atoms with E-state index in [9.17, 15) is 0 Å². The Morgan fingerprint density at radius 3 is 2.14 bits per heavy atom. The van der Waals surface area contributed by atoms with Crippen LogP contribution in [0, 0.1) is 0 Å².